The van der Waals surface area contributed by atoms with Gasteiger partial charge >= 0.3 is 5.97 Å². The van der Waals surface area contributed by atoms with Crippen LogP contribution in [0.2, 0.25) is 0 Å². The largest absolute Gasteiger partial charge is 0.480 e. The second-order valence-corrected chi connectivity index (χ2v) is 5.69. The summed E-state index contributed by atoms with van der Waals surface area (Å²) in [5, 5.41) is 11.8. The summed E-state index contributed by atoms with van der Waals surface area (Å²) in [7, 11) is 0. The van der Waals surface area contributed by atoms with Gasteiger partial charge in [0.1, 0.15) is 6.04 Å². The summed E-state index contributed by atoms with van der Waals surface area (Å²) in [5.41, 5.74) is 0.889. The minimum absolute atomic E-state index is 0.284. The fraction of sp³-hybridized carbons (Fsp3) is 0.474. The monoisotopic (exact) mass is 317 g/mol. The smallest absolute Gasteiger partial charge is 0.326 e. The van der Waals surface area contributed by atoms with Gasteiger partial charge in [-0.2, -0.15) is 0 Å². The van der Waals surface area contributed by atoms with Crippen molar-refractivity contribution >= 4 is 11.9 Å². The third-order valence-electron chi connectivity index (χ3n) is 3.64. The Labute approximate surface area is 138 Å². The molecule has 0 aliphatic rings. The van der Waals surface area contributed by atoms with Crippen LogP contribution in [0.25, 0.3) is 0 Å². The van der Waals surface area contributed by atoms with Crippen molar-refractivity contribution < 1.29 is 14.7 Å². The molecule has 0 saturated heterocycles. The summed E-state index contributed by atoms with van der Waals surface area (Å²) < 4.78 is 0. The molecule has 4 heteroatoms. The van der Waals surface area contributed by atoms with E-state index < -0.39 is 12.0 Å². The maximum atomic E-state index is 11.8. The second-order valence-electron chi connectivity index (χ2n) is 5.69. The first kappa shape index (κ1) is 18.9. The van der Waals surface area contributed by atoms with Crippen LogP contribution in [0, 0.1) is 0 Å². The van der Waals surface area contributed by atoms with Gasteiger partial charge in [0.25, 0.3) is 0 Å². The fourth-order valence-electron chi connectivity index (χ4n) is 2.33. The van der Waals surface area contributed by atoms with Crippen LogP contribution in [0.3, 0.4) is 0 Å². The van der Waals surface area contributed by atoms with Crippen LogP contribution in [-0.4, -0.2) is 23.0 Å². The van der Waals surface area contributed by atoms with E-state index in [1.165, 1.54) is 31.8 Å². The van der Waals surface area contributed by atoms with Crippen LogP contribution in [-0.2, 0) is 16.0 Å². The van der Waals surface area contributed by atoms with Gasteiger partial charge in [-0.05, 0) is 24.5 Å². The van der Waals surface area contributed by atoms with Crippen molar-refractivity contribution in [2.75, 3.05) is 0 Å². The molecule has 0 unspecified atom stereocenters. The molecular weight excluding hydrogens is 290 g/mol. The van der Waals surface area contributed by atoms with Crippen molar-refractivity contribution in [2.45, 2.75) is 57.9 Å². The first-order chi connectivity index (χ1) is 11.1. The molecule has 0 spiro atoms. The maximum Gasteiger partial charge on any atom is 0.326 e. The number of nitrogens with one attached hydrogen (secondary N) is 1. The van der Waals surface area contributed by atoms with E-state index >= 15 is 0 Å². The van der Waals surface area contributed by atoms with E-state index in [2.05, 4.69) is 12.2 Å². The third-order valence-corrected chi connectivity index (χ3v) is 3.64. The number of hydrogen-bond donors (Lipinski definition) is 2. The Morgan fingerprint density at radius 1 is 1.13 bits per heavy atom. The van der Waals surface area contributed by atoms with Crippen molar-refractivity contribution in [3.8, 4) is 0 Å². The molecule has 0 saturated carbocycles. The van der Waals surface area contributed by atoms with Crippen molar-refractivity contribution in [2.24, 2.45) is 0 Å². The summed E-state index contributed by atoms with van der Waals surface area (Å²) in [4.78, 5) is 23.1. The number of rotatable bonds is 11. The Bertz CT molecular complexity index is 497. The summed E-state index contributed by atoms with van der Waals surface area (Å²) in [6.07, 6.45) is 10.3. The minimum Gasteiger partial charge on any atom is -0.480 e. The first-order valence-electron chi connectivity index (χ1n) is 8.37. The number of unbranched alkanes of at least 4 members (excludes halogenated alkanes) is 5. The van der Waals surface area contributed by atoms with E-state index in [-0.39, 0.29) is 12.3 Å². The van der Waals surface area contributed by atoms with Gasteiger partial charge in [0, 0.05) is 6.42 Å². The summed E-state index contributed by atoms with van der Waals surface area (Å²) in [6, 6.07) is 8.39. The summed E-state index contributed by atoms with van der Waals surface area (Å²) >= 11 is 0. The van der Waals surface area contributed by atoms with E-state index in [4.69, 9.17) is 0 Å². The quantitative estimate of drug-likeness (QED) is 0.483. The highest BCUT2D eigenvalue weighted by Crippen LogP contribution is 2.06. The molecule has 0 heterocycles. The highest BCUT2D eigenvalue weighted by molar-refractivity contribution is 5.91. The lowest BCUT2D eigenvalue weighted by molar-refractivity contribution is -0.141. The van der Waals surface area contributed by atoms with E-state index in [1.807, 2.05) is 36.4 Å². The highest BCUT2D eigenvalue weighted by Gasteiger charge is 2.19. The minimum atomic E-state index is -1.02. The normalized spacial score (nSPS) is 12.2. The van der Waals surface area contributed by atoms with E-state index in [9.17, 15) is 14.7 Å². The molecule has 0 aromatic heterocycles. The van der Waals surface area contributed by atoms with Gasteiger partial charge in [0.15, 0.2) is 0 Å². The molecule has 4 nitrogen and oxygen atoms in total. The zero-order valence-electron chi connectivity index (χ0n) is 13.8. The average molecular weight is 317 g/mol. The topological polar surface area (TPSA) is 66.4 Å². The Hall–Kier alpha value is -2.10. The Morgan fingerprint density at radius 2 is 1.83 bits per heavy atom. The lowest BCUT2D eigenvalue weighted by Gasteiger charge is -2.13. The van der Waals surface area contributed by atoms with Crippen LogP contribution >= 0.6 is 0 Å². The molecule has 0 radical (unpaired) electrons. The number of allylic oxidation sites excluding steroid dienone is 1. The Balaban J connectivity index is 2.35. The molecule has 1 amide bonds. The van der Waals surface area contributed by atoms with E-state index in [1.54, 1.807) is 0 Å². The van der Waals surface area contributed by atoms with Crippen molar-refractivity contribution in [1.29, 1.82) is 0 Å². The first-order valence-corrected chi connectivity index (χ1v) is 8.37. The molecule has 0 aliphatic heterocycles. The average Bonchev–Trinajstić information content (AvgIpc) is 2.54. The highest BCUT2D eigenvalue weighted by atomic mass is 16.4. The third kappa shape index (κ3) is 8.81. The number of benzene rings is 1. The molecule has 1 aromatic carbocycles. The lowest BCUT2D eigenvalue weighted by atomic mass is 10.1. The van der Waals surface area contributed by atoms with Crippen LogP contribution in [0.5, 0.6) is 0 Å². The van der Waals surface area contributed by atoms with Gasteiger partial charge in [-0.3, -0.25) is 4.79 Å². The van der Waals surface area contributed by atoms with Gasteiger partial charge in [-0.1, -0.05) is 69.0 Å². The molecule has 0 bridgehead atoms. The standard InChI is InChI=1S/C19H27NO3/c1-2-3-4-5-6-7-11-14-18(21)20-17(19(22)23)15-16-12-9-8-10-13-16/h8-14,17H,2-7,15H2,1H3,(H,20,21)(H,22,23)/t17-/m0/s1. The summed E-state index contributed by atoms with van der Waals surface area (Å²) in [6.45, 7) is 2.18. The van der Waals surface area contributed by atoms with Gasteiger partial charge < -0.3 is 10.4 Å². The Kier molecular flexibility index (Phi) is 9.45. The predicted octanol–water partition coefficient (Wildman–Crippen LogP) is 3.72. The zero-order chi connectivity index (χ0) is 16.9. The van der Waals surface area contributed by atoms with Crippen LogP contribution in [0.4, 0.5) is 0 Å². The van der Waals surface area contributed by atoms with Crippen molar-refractivity contribution in [1.82, 2.24) is 5.32 Å². The molecule has 1 rings (SSSR count). The molecule has 126 valence electrons. The molecule has 1 atom stereocenters. The molecule has 0 aliphatic carbocycles. The molecule has 1 aromatic rings. The van der Waals surface area contributed by atoms with Gasteiger partial charge in [-0.25, -0.2) is 4.79 Å². The summed E-state index contributed by atoms with van der Waals surface area (Å²) in [5.74, 6) is -1.36. The molecule has 23 heavy (non-hydrogen) atoms. The number of carboxylic acids is 1. The predicted molar refractivity (Wildman–Crippen MR) is 92.2 cm³/mol. The molecule has 0 fully saturated rings. The molecular formula is C19H27NO3. The van der Waals surface area contributed by atoms with Crippen LogP contribution < -0.4 is 5.32 Å². The fourth-order valence-corrected chi connectivity index (χ4v) is 2.33. The van der Waals surface area contributed by atoms with Crippen molar-refractivity contribution in [3.63, 3.8) is 0 Å². The number of carboxylic acid groups (broad SMARTS) is 1. The SMILES string of the molecule is CCCCCCCC=CC(=O)N[C@@H](Cc1ccccc1)C(=O)O. The van der Waals surface area contributed by atoms with Gasteiger partial charge in [0.05, 0.1) is 0 Å². The van der Waals surface area contributed by atoms with Gasteiger partial charge in [-0.15, -0.1) is 0 Å². The van der Waals surface area contributed by atoms with Gasteiger partial charge in [0.2, 0.25) is 5.91 Å². The van der Waals surface area contributed by atoms with E-state index in [0.717, 1.165) is 18.4 Å². The number of aliphatic carboxylic acids is 1. The number of hydrogen-bond acceptors (Lipinski definition) is 2. The van der Waals surface area contributed by atoms with Crippen molar-refractivity contribution in [3.05, 3.63) is 48.0 Å². The number of amides is 1. The number of carbonyl (C=O) groups is 2. The number of carbonyl (C=O) groups excluding carboxylic acids is 1. The second kappa shape index (κ2) is 11.5. The van der Waals surface area contributed by atoms with Crippen LogP contribution in [0.1, 0.15) is 51.0 Å². The zero-order valence-corrected chi connectivity index (χ0v) is 13.8. The lowest BCUT2D eigenvalue weighted by Crippen LogP contribution is -2.41. The molecule has 2 N–H and O–H groups in total. The Morgan fingerprint density at radius 3 is 2.48 bits per heavy atom. The van der Waals surface area contributed by atoms with E-state index in [0.29, 0.717) is 0 Å². The maximum absolute atomic E-state index is 11.8. The van der Waals surface area contributed by atoms with Crippen LogP contribution in [0.15, 0.2) is 42.5 Å².